The number of hydrogen-bond donors (Lipinski definition) is 1. The van der Waals surface area contributed by atoms with Crippen LogP contribution in [0.4, 0.5) is 18.9 Å². The van der Waals surface area contributed by atoms with Crippen LogP contribution in [-0.2, 0) is 0 Å². The molecule has 0 aliphatic rings. The van der Waals surface area contributed by atoms with Crippen molar-refractivity contribution in [3.8, 4) is 0 Å². The highest BCUT2D eigenvalue weighted by atomic mass is 79.9. The van der Waals surface area contributed by atoms with Crippen molar-refractivity contribution in [2.45, 2.75) is 13.0 Å². The summed E-state index contributed by atoms with van der Waals surface area (Å²) < 4.78 is 40.9. The molecule has 2 aromatic carbocycles. The van der Waals surface area contributed by atoms with Crippen molar-refractivity contribution >= 4 is 21.6 Å². The van der Waals surface area contributed by atoms with Crippen molar-refractivity contribution in [2.24, 2.45) is 0 Å². The van der Waals surface area contributed by atoms with Crippen molar-refractivity contribution in [3.63, 3.8) is 0 Å². The fourth-order valence-electron chi connectivity index (χ4n) is 1.78. The Kier molecular flexibility index (Phi) is 4.14. The van der Waals surface area contributed by atoms with Gasteiger partial charge in [0.15, 0.2) is 11.6 Å². The quantitative estimate of drug-likeness (QED) is 0.831. The maximum absolute atomic E-state index is 13.7. The zero-order valence-electron chi connectivity index (χ0n) is 10.1. The molecule has 0 aliphatic heterocycles. The summed E-state index contributed by atoms with van der Waals surface area (Å²) in [5.74, 6) is -2.31. The van der Waals surface area contributed by atoms with Gasteiger partial charge in [-0.3, -0.25) is 0 Å². The summed E-state index contributed by atoms with van der Waals surface area (Å²) >= 11 is 3.16. The lowest BCUT2D eigenvalue weighted by Gasteiger charge is -2.17. The third kappa shape index (κ3) is 3.10. The molecule has 0 aliphatic carbocycles. The molecule has 1 unspecified atom stereocenters. The summed E-state index contributed by atoms with van der Waals surface area (Å²) in [6, 6.07) is 7.97. The van der Waals surface area contributed by atoms with E-state index in [0.717, 1.165) is 6.07 Å². The van der Waals surface area contributed by atoms with Crippen molar-refractivity contribution in [2.75, 3.05) is 5.32 Å². The zero-order chi connectivity index (χ0) is 14.0. The Hall–Kier alpha value is -1.49. The molecule has 1 nitrogen and oxygen atoms in total. The van der Waals surface area contributed by atoms with E-state index in [-0.39, 0.29) is 5.69 Å². The van der Waals surface area contributed by atoms with Crippen molar-refractivity contribution < 1.29 is 13.2 Å². The van der Waals surface area contributed by atoms with Gasteiger partial charge >= 0.3 is 0 Å². The summed E-state index contributed by atoms with van der Waals surface area (Å²) in [6.07, 6.45) is 0. The van der Waals surface area contributed by atoms with Crippen LogP contribution in [0.2, 0.25) is 0 Å². The van der Waals surface area contributed by atoms with Gasteiger partial charge in [-0.1, -0.05) is 28.1 Å². The fraction of sp³-hybridized carbons (Fsp3) is 0.143. The van der Waals surface area contributed by atoms with Crippen LogP contribution in [0.3, 0.4) is 0 Å². The topological polar surface area (TPSA) is 12.0 Å². The second-order valence-corrected chi connectivity index (χ2v) is 5.05. The first kappa shape index (κ1) is 13.9. The lowest BCUT2D eigenvalue weighted by Crippen LogP contribution is -2.10. The third-order valence-corrected chi connectivity index (χ3v) is 3.25. The monoisotopic (exact) mass is 329 g/mol. The fourth-order valence-corrected chi connectivity index (χ4v) is 2.11. The molecule has 2 aromatic rings. The molecule has 0 saturated heterocycles. The highest BCUT2D eigenvalue weighted by Crippen LogP contribution is 2.26. The molecule has 1 N–H and O–H groups in total. The van der Waals surface area contributed by atoms with Gasteiger partial charge in [0.2, 0.25) is 0 Å². The maximum atomic E-state index is 13.7. The van der Waals surface area contributed by atoms with Crippen molar-refractivity contribution in [3.05, 3.63) is 63.9 Å². The number of halogens is 4. The van der Waals surface area contributed by atoms with Gasteiger partial charge in [-0.2, -0.15) is 0 Å². The number of rotatable bonds is 3. The van der Waals surface area contributed by atoms with E-state index in [0.29, 0.717) is 10.0 Å². The Labute approximate surface area is 117 Å². The first-order valence-electron chi connectivity index (χ1n) is 5.64. The van der Waals surface area contributed by atoms with Gasteiger partial charge in [-0.25, -0.2) is 13.2 Å². The molecule has 2 rings (SSSR count). The molecule has 0 aromatic heterocycles. The highest BCUT2D eigenvalue weighted by Gasteiger charge is 2.14. The van der Waals surface area contributed by atoms with Crippen LogP contribution in [0.25, 0.3) is 0 Å². The summed E-state index contributed by atoms with van der Waals surface area (Å²) in [6.45, 7) is 1.68. The van der Waals surface area contributed by atoms with Gasteiger partial charge in [0.1, 0.15) is 5.82 Å². The van der Waals surface area contributed by atoms with E-state index < -0.39 is 23.5 Å². The van der Waals surface area contributed by atoms with E-state index in [1.165, 1.54) is 18.2 Å². The van der Waals surface area contributed by atoms with Crippen LogP contribution >= 0.6 is 15.9 Å². The Morgan fingerprint density at radius 3 is 2.47 bits per heavy atom. The second kappa shape index (κ2) is 5.65. The molecule has 0 saturated carbocycles. The minimum absolute atomic E-state index is 0.00909. The Bertz CT molecular complexity index is 601. The lowest BCUT2D eigenvalue weighted by atomic mass is 10.1. The minimum atomic E-state index is -0.966. The van der Waals surface area contributed by atoms with E-state index in [9.17, 15) is 13.2 Å². The van der Waals surface area contributed by atoms with Gasteiger partial charge in [-0.15, -0.1) is 0 Å². The predicted octanol–water partition coefficient (Wildman–Crippen LogP) is 5.04. The van der Waals surface area contributed by atoms with E-state index in [1.54, 1.807) is 19.1 Å². The molecule has 0 spiro atoms. The smallest absolute Gasteiger partial charge is 0.181 e. The molecule has 1 atom stereocenters. The molecule has 0 heterocycles. The Morgan fingerprint density at radius 2 is 1.79 bits per heavy atom. The van der Waals surface area contributed by atoms with E-state index in [2.05, 4.69) is 21.2 Å². The Balaban J connectivity index is 2.25. The first-order chi connectivity index (χ1) is 8.99. The minimum Gasteiger partial charge on any atom is -0.376 e. The van der Waals surface area contributed by atoms with Crippen LogP contribution in [0, 0.1) is 17.5 Å². The number of anilines is 1. The van der Waals surface area contributed by atoms with Gasteiger partial charge in [-0.05, 0) is 31.2 Å². The van der Waals surface area contributed by atoms with Crippen LogP contribution in [0.1, 0.15) is 18.5 Å². The highest BCUT2D eigenvalue weighted by molar-refractivity contribution is 9.10. The Morgan fingerprint density at radius 1 is 1.05 bits per heavy atom. The average molecular weight is 330 g/mol. The molecule has 19 heavy (non-hydrogen) atoms. The van der Waals surface area contributed by atoms with E-state index in [1.807, 2.05) is 0 Å². The van der Waals surface area contributed by atoms with Crippen LogP contribution in [0.5, 0.6) is 0 Å². The SMILES string of the molecule is CC(Nc1cccc(F)c1F)c1ccc(Br)cc1F. The van der Waals surface area contributed by atoms with Crippen molar-refractivity contribution in [1.82, 2.24) is 0 Å². The summed E-state index contributed by atoms with van der Waals surface area (Å²) in [4.78, 5) is 0. The molecule has 0 radical (unpaired) electrons. The summed E-state index contributed by atoms with van der Waals surface area (Å²) in [5.41, 5.74) is 0.390. The number of hydrogen-bond acceptors (Lipinski definition) is 1. The number of benzene rings is 2. The lowest BCUT2D eigenvalue weighted by molar-refractivity contribution is 0.509. The van der Waals surface area contributed by atoms with Crippen LogP contribution in [0.15, 0.2) is 40.9 Å². The van der Waals surface area contributed by atoms with Crippen LogP contribution < -0.4 is 5.32 Å². The normalized spacial score (nSPS) is 12.3. The molecular formula is C14H11BrF3N. The molecule has 0 amide bonds. The summed E-state index contributed by atoms with van der Waals surface area (Å²) in [7, 11) is 0. The van der Waals surface area contributed by atoms with Crippen LogP contribution in [-0.4, -0.2) is 0 Å². The van der Waals surface area contributed by atoms with Gasteiger partial charge in [0, 0.05) is 10.0 Å². The molecule has 5 heteroatoms. The third-order valence-electron chi connectivity index (χ3n) is 2.75. The first-order valence-corrected chi connectivity index (χ1v) is 6.44. The largest absolute Gasteiger partial charge is 0.376 e. The van der Waals surface area contributed by atoms with Gasteiger partial charge in [0.05, 0.1) is 11.7 Å². The zero-order valence-corrected chi connectivity index (χ0v) is 11.6. The molecular weight excluding hydrogens is 319 g/mol. The standard InChI is InChI=1S/C14H11BrF3N/c1-8(10-6-5-9(15)7-12(10)17)19-13-4-2-3-11(16)14(13)18/h2-8,19H,1H3. The van der Waals surface area contributed by atoms with Crippen molar-refractivity contribution in [1.29, 1.82) is 0 Å². The average Bonchev–Trinajstić information content (AvgIpc) is 2.34. The second-order valence-electron chi connectivity index (χ2n) is 4.13. The maximum Gasteiger partial charge on any atom is 0.181 e. The molecule has 100 valence electrons. The molecule has 0 bridgehead atoms. The van der Waals surface area contributed by atoms with Gasteiger partial charge < -0.3 is 5.32 Å². The van der Waals surface area contributed by atoms with E-state index >= 15 is 0 Å². The van der Waals surface area contributed by atoms with Gasteiger partial charge in [0.25, 0.3) is 0 Å². The van der Waals surface area contributed by atoms with E-state index in [4.69, 9.17) is 0 Å². The summed E-state index contributed by atoms with van der Waals surface area (Å²) in [5, 5.41) is 2.76. The number of nitrogens with one attached hydrogen (secondary N) is 1. The predicted molar refractivity (Wildman–Crippen MR) is 72.5 cm³/mol. The molecule has 0 fully saturated rings.